The average molecular weight is 345 g/mol. The molecule has 0 spiro atoms. The Kier molecular flexibility index (Phi) is 4.07. The normalized spacial score (nSPS) is 13.1. The summed E-state index contributed by atoms with van der Waals surface area (Å²) in [5.74, 6) is 1.10. The van der Waals surface area contributed by atoms with E-state index in [1.807, 2.05) is 42.6 Å². The number of nitrogens with one attached hydrogen (secondary N) is 1. The van der Waals surface area contributed by atoms with Crippen LogP contribution in [0, 0.1) is 11.3 Å². The maximum atomic E-state index is 9.71. The van der Waals surface area contributed by atoms with Crippen molar-refractivity contribution in [2.75, 3.05) is 19.4 Å². The lowest BCUT2D eigenvalue weighted by atomic mass is 9.94. The lowest BCUT2D eigenvalue weighted by Crippen LogP contribution is -2.26. The molecule has 4 rings (SSSR count). The third kappa shape index (κ3) is 2.59. The van der Waals surface area contributed by atoms with Crippen LogP contribution in [-0.4, -0.2) is 23.2 Å². The predicted octanol–water partition coefficient (Wildman–Crippen LogP) is 2.65. The van der Waals surface area contributed by atoms with Crippen molar-refractivity contribution in [1.29, 1.82) is 5.26 Å². The molecule has 0 saturated heterocycles. The van der Waals surface area contributed by atoms with Crippen LogP contribution in [0.5, 0.6) is 5.75 Å². The second-order valence-electron chi connectivity index (χ2n) is 6.17. The average Bonchev–Trinajstić information content (AvgIpc) is 3.16. The number of methoxy groups -OCH3 is 1. The zero-order chi connectivity index (χ0) is 18.1. The minimum atomic E-state index is 0.297. The van der Waals surface area contributed by atoms with E-state index in [1.54, 1.807) is 7.11 Å². The van der Waals surface area contributed by atoms with Gasteiger partial charge in [0, 0.05) is 42.7 Å². The number of pyridine rings is 1. The summed E-state index contributed by atoms with van der Waals surface area (Å²) in [6, 6.07) is 14.0. The quantitative estimate of drug-likeness (QED) is 0.762. The van der Waals surface area contributed by atoms with Crippen LogP contribution in [-0.2, 0) is 13.0 Å². The summed E-state index contributed by atoms with van der Waals surface area (Å²) in [4.78, 5) is 4.47. The van der Waals surface area contributed by atoms with Gasteiger partial charge in [0.1, 0.15) is 23.2 Å². The van der Waals surface area contributed by atoms with Crippen LogP contribution in [0.4, 0.5) is 5.82 Å². The van der Waals surface area contributed by atoms with Crippen molar-refractivity contribution in [1.82, 2.24) is 14.9 Å². The van der Waals surface area contributed by atoms with E-state index in [4.69, 9.17) is 10.5 Å². The first-order valence-corrected chi connectivity index (χ1v) is 8.47. The van der Waals surface area contributed by atoms with Gasteiger partial charge in [-0.05, 0) is 42.0 Å². The van der Waals surface area contributed by atoms with Gasteiger partial charge in [-0.3, -0.25) is 0 Å². The zero-order valence-electron chi connectivity index (χ0n) is 14.5. The van der Waals surface area contributed by atoms with E-state index in [9.17, 15) is 5.26 Å². The molecule has 0 amide bonds. The molecule has 0 atom stereocenters. The summed E-state index contributed by atoms with van der Waals surface area (Å²) < 4.78 is 7.30. The SMILES string of the molecule is COc1ccc(-n2cccc2-c2c(C#N)c(N)nc3c2CNCC3)cc1. The van der Waals surface area contributed by atoms with Crippen molar-refractivity contribution in [3.05, 3.63) is 59.4 Å². The van der Waals surface area contributed by atoms with Crippen molar-refractivity contribution in [3.63, 3.8) is 0 Å². The molecule has 26 heavy (non-hydrogen) atoms. The summed E-state index contributed by atoms with van der Waals surface area (Å²) in [6.45, 7) is 1.55. The molecule has 1 aliphatic heterocycles. The molecule has 0 radical (unpaired) electrons. The number of ether oxygens (including phenoxy) is 1. The largest absolute Gasteiger partial charge is 0.497 e. The fraction of sp³-hybridized carbons (Fsp3) is 0.200. The van der Waals surface area contributed by atoms with Crippen LogP contribution >= 0.6 is 0 Å². The first-order valence-electron chi connectivity index (χ1n) is 8.47. The van der Waals surface area contributed by atoms with Gasteiger partial charge in [-0.15, -0.1) is 0 Å². The molecule has 0 bridgehead atoms. The highest BCUT2D eigenvalue weighted by atomic mass is 16.5. The third-order valence-electron chi connectivity index (χ3n) is 4.72. The number of nitrogen functional groups attached to an aromatic ring is 1. The van der Waals surface area contributed by atoms with Gasteiger partial charge in [-0.25, -0.2) is 4.98 Å². The van der Waals surface area contributed by atoms with E-state index >= 15 is 0 Å². The van der Waals surface area contributed by atoms with E-state index in [2.05, 4.69) is 20.9 Å². The number of hydrogen-bond donors (Lipinski definition) is 2. The highest BCUT2D eigenvalue weighted by Crippen LogP contribution is 2.35. The van der Waals surface area contributed by atoms with Crippen molar-refractivity contribution < 1.29 is 4.74 Å². The lowest BCUT2D eigenvalue weighted by Gasteiger charge is -2.22. The van der Waals surface area contributed by atoms with Crippen LogP contribution in [0.25, 0.3) is 16.9 Å². The fourth-order valence-electron chi connectivity index (χ4n) is 3.46. The second kappa shape index (κ2) is 6.54. The Labute approximate surface area is 151 Å². The van der Waals surface area contributed by atoms with Crippen LogP contribution in [0.15, 0.2) is 42.6 Å². The first-order chi connectivity index (χ1) is 12.7. The van der Waals surface area contributed by atoms with Crippen LogP contribution in [0.1, 0.15) is 16.8 Å². The molecule has 1 aliphatic rings. The molecule has 0 saturated carbocycles. The van der Waals surface area contributed by atoms with Gasteiger partial charge in [0.25, 0.3) is 0 Å². The van der Waals surface area contributed by atoms with Crippen molar-refractivity contribution in [3.8, 4) is 28.8 Å². The Balaban J connectivity index is 1.93. The fourth-order valence-corrected chi connectivity index (χ4v) is 3.46. The Morgan fingerprint density at radius 2 is 2.08 bits per heavy atom. The monoisotopic (exact) mass is 345 g/mol. The van der Waals surface area contributed by atoms with Gasteiger partial charge in [0.2, 0.25) is 0 Å². The Morgan fingerprint density at radius 3 is 2.81 bits per heavy atom. The van der Waals surface area contributed by atoms with Crippen LogP contribution in [0.2, 0.25) is 0 Å². The number of rotatable bonds is 3. The van der Waals surface area contributed by atoms with Gasteiger partial charge in [0.15, 0.2) is 0 Å². The lowest BCUT2D eigenvalue weighted by molar-refractivity contribution is 0.415. The standard InChI is InChI=1S/C20H19N5O/c1-26-14-6-4-13(5-7-14)25-10-2-3-18(25)19-15(11-21)20(22)24-17-8-9-23-12-16(17)19/h2-7,10,23H,8-9,12H2,1H3,(H2,22,24). The highest BCUT2D eigenvalue weighted by Gasteiger charge is 2.23. The maximum absolute atomic E-state index is 9.71. The number of hydrogen-bond acceptors (Lipinski definition) is 5. The first kappa shape index (κ1) is 16.2. The number of nitrogens with two attached hydrogens (primary N) is 1. The smallest absolute Gasteiger partial charge is 0.142 e. The molecular formula is C20H19N5O. The molecule has 130 valence electrons. The van der Waals surface area contributed by atoms with Gasteiger partial charge < -0.3 is 20.4 Å². The number of aromatic nitrogens is 2. The van der Waals surface area contributed by atoms with Gasteiger partial charge in [-0.1, -0.05) is 0 Å². The minimum Gasteiger partial charge on any atom is -0.497 e. The van der Waals surface area contributed by atoms with Crippen molar-refractivity contribution in [2.24, 2.45) is 0 Å². The molecule has 3 heterocycles. The molecule has 6 nitrogen and oxygen atoms in total. The van der Waals surface area contributed by atoms with E-state index in [-0.39, 0.29) is 0 Å². The molecule has 1 aromatic carbocycles. The van der Waals surface area contributed by atoms with Gasteiger partial charge in [-0.2, -0.15) is 5.26 Å². The molecule has 0 fully saturated rings. The molecule has 0 unspecified atom stereocenters. The molecule has 0 aliphatic carbocycles. The number of benzene rings is 1. The summed E-state index contributed by atoms with van der Waals surface area (Å²) in [7, 11) is 1.65. The Morgan fingerprint density at radius 1 is 1.27 bits per heavy atom. The summed E-state index contributed by atoms with van der Waals surface area (Å²) in [6.07, 6.45) is 2.79. The Bertz CT molecular complexity index is 998. The van der Waals surface area contributed by atoms with E-state index in [0.29, 0.717) is 17.9 Å². The van der Waals surface area contributed by atoms with Crippen molar-refractivity contribution >= 4 is 5.82 Å². The number of fused-ring (bicyclic) bond motifs is 1. The summed E-state index contributed by atoms with van der Waals surface area (Å²) in [5, 5.41) is 13.1. The second-order valence-corrected chi connectivity index (χ2v) is 6.17. The molecule has 2 aromatic heterocycles. The summed E-state index contributed by atoms with van der Waals surface area (Å²) in [5.41, 5.74) is 11.3. The molecule has 3 aromatic rings. The summed E-state index contributed by atoms with van der Waals surface area (Å²) >= 11 is 0. The highest BCUT2D eigenvalue weighted by molar-refractivity contribution is 5.78. The van der Waals surface area contributed by atoms with Gasteiger partial charge in [0.05, 0.1) is 12.8 Å². The minimum absolute atomic E-state index is 0.297. The number of nitrogens with zero attached hydrogens (tertiary/aromatic N) is 3. The van der Waals surface area contributed by atoms with Crippen LogP contribution < -0.4 is 15.8 Å². The number of anilines is 1. The molecule has 3 N–H and O–H groups in total. The van der Waals surface area contributed by atoms with E-state index in [1.165, 1.54) is 0 Å². The third-order valence-corrected chi connectivity index (χ3v) is 4.72. The molecule has 6 heteroatoms. The number of nitriles is 1. The van der Waals surface area contributed by atoms with E-state index in [0.717, 1.165) is 46.9 Å². The molecular weight excluding hydrogens is 326 g/mol. The topological polar surface area (TPSA) is 88.9 Å². The Hall–Kier alpha value is -3.30. The van der Waals surface area contributed by atoms with Crippen LogP contribution in [0.3, 0.4) is 0 Å². The zero-order valence-corrected chi connectivity index (χ0v) is 14.5. The van der Waals surface area contributed by atoms with Gasteiger partial charge >= 0.3 is 0 Å². The van der Waals surface area contributed by atoms with E-state index < -0.39 is 0 Å². The van der Waals surface area contributed by atoms with Crippen molar-refractivity contribution in [2.45, 2.75) is 13.0 Å². The predicted molar refractivity (Wildman–Crippen MR) is 100 cm³/mol. The maximum Gasteiger partial charge on any atom is 0.142 e.